The number of benzene rings is 2. The molecule has 0 radical (unpaired) electrons. The molecule has 1 fully saturated rings. The maximum atomic E-state index is 13.8. The standard InChI is InChI=1S/C38H57N7O6/c1-27(2)25-32(35(48)43-31(15-9-10-21-39)36(49)45-23-19-38(40,20-24-45)37(50)51)44-34(47)30(17-16-28-11-5-3-6-12-28)42-33(46)26-41-22-18-29-13-7-4-8-14-29/h3-8,11-14,27,30-32,41H,9-10,15-26,39-40H2,1-2H3,(H,42,46)(H,43,48)(H,44,47)(H,50,51)/t30-,31-,32-/m1/s1. The first-order chi connectivity index (χ1) is 24.4. The van der Waals surface area contributed by atoms with Gasteiger partial charge in [-0.3, -0.25) is 24.0 Å². The first-order valence-electron chi connectivity index (χ1n) is 18.1. The molecule has 4 amide bonds. The number of carboxylic acids is 1. The highest BCUT2D eigenvalue weighted by Gasteiger charge is 2.40. The number of nitrogens with zero attached hydrogens (tertiary/aromatic N) is 1. The molecule has 13 nitrogen and oxygen atoms in total. The van der Waals surface area contributed by atoms with Crippen molar-refractivity contribution in [1.29, 1.82) is 0 Å². The maximum Gasteiger partial charge on any atom is 0.323 e. The van der Waals surface area contributed by atoms with E-state index in [1.807, 2.05) is 74.5 Å². The Bertz CT molecular complexity index is 1400. The number of aliphatic carboxylic acids is 1. The van der Waals surface area contributed by atoms with Crippen molar-refractivity contribution in [3.05, 3.63) is 71.8 Å². The quantitative estimate of drug-likeness (QED) is 0.0937. The number of hydrogen-bond acceptors (Lipinski definition) is 8. The normalized spacial score (nSPS) is 15.7. The molecule has 3 rings (SSSR count). The summed E-state index contributed by atoms with van der Waals surface area (Å²) in [5.74, 6) is -2.73. The summed E-state index contributed by atoms with van der Waals surface area (Å²) in [4.78, 5) is 67.5. The van der Waals surface area contributed by atoms with E-state index in [0.29, 0.717) is 51.6 Å². The van der Waals surface area contributed by atoms with Gasteiger partial charge in [-0.25, -0.2) is 0 Å². The molecule has 0 unspecified atom stereocenters. The predicted molar refractivity (Wildman–Crippen MR) is 196 cm³/mol. The molecule has 2 aromatic rings. The molecule has 0 aromatic heterocycles. The zero-order chi connectivity index (χ0) is 37.2. The van der Waals surface area contributed by atoms with Crippen LogP contribution in [0.4, 0.5) is 0 Å². The SMILES string of the molecule is CC(C)C[C@@H](NC(=O)[C@@H](CCc1ccccc1)NC(=O)CNCCc1ccccc1)C(=O)N[C@H](CCCCN)C(=O)N1CCC(N)(C(=O)O)CC1. The lowest BCUT2D eigenvalue weighted by Crippen LogP contribution is -2.60. The molecule has 0 bridgehead atoms. The Morgan fingerprint density at radius 3 is 1.92 bits per heavy atom. The minimum atomic E-state index is -1.40. The summed E-state index contributed by atoms with van der Waals surface area (Å²) in [5.41, 5.74) is 12.5. The molecule has 3 atom stereocenters. The number of piperidine rings is 1. The number of hydrogen-bond donors (Lipinski definition) is 7. The van der Waals surface area contributed by atoms with Crippen LogP contribution in [0.25, 0.3) is 0 Å². The number of carboxylic acid groups (broad SMARTS) is 1. The van der Waals surface area contributed by atoms with E-state index in [9.17, 15) is 29.1 Å². The lowest BCUT2D eigenvalue weighted by Gasteiger charge is -2.38. The number of amides is 4. The third-order valence-electron chi connectivity index (χ3n) is 9.23. The van der Waals surface area contributed by atoms with Gasteiger partial charge in [-0.05, 0) is 87.9 Å². The second-order valence-electron chi connectivity index (χ2n) is 13.9. The average molecular weight is 708 g/mol. The van der Waals surface area contributed by atoms with Gasteiger partial charge in [0.05, 0.1) is 6.54 Å². The zero-order valence-corrected chi connectivity index (χ0v) is 30.1. The van der Waals surface area contributed by atoms with Crippen molar-refractivity contribution in [2.75, 3.05) is 32.7 Å². The molecule has 280 valence electrons. The lowest BCUT2D eigenvalue weighted by molar-refractivity contribution is -0.148. The van der Waals surface area contributed by atoms with Crippen LogP contribution in [-0.2, 0) is 36.8 Å². The van der Waals surface area contributed by atoms with Crippen LogP contribution >= 0.6 is 0 Å². The molecule has 1 aliphatic rings. The average Bonchev–Trinajstić information content (AvgIpc) is 3.11. The molecule has 1 saturated heterocycles. The van der Waals surface area contributed by atoms with E-state index in [0.717, 1.165) is 17.5 Å². The van der Waals surface area contributed by atoms with Crippen LogP contribution in [0.3, 0.4) is 0 Å². The van der Waals surface area contributed by atoms with Gasteiger partial charge in [-0.2, -0.15) is 0 Å². The van der Waals surface area contributed by atoms with Crippen molar-refractivity contribution < 1.29 is 29.1 Å². The van der Waals surface area contributed by atoms with Gasteiger partial charge < -0.3 is 42.7 Å². The summed E-state index contributed by atoms with van der Waals surface area (Å²) in [6.07, 6.45) is 3.68. The number of rotatable bonds is 21. The fourth-order valence-corrected chi connectivity index (χ4v) is 6.11. The van der Waals surface area contributed by atoms with E-state index in [2.05, 4.69) is 21.3 Å². The highest BCUT2D eigenvalue weighted by atomic mass is 16.4. The Labute approximate surface area is 301 Å². The van der Waals surface area contributed by atoms with E-state index >= 15 is 0 Å². The van der Waals surface area contributed by atoms with Crippen LogP contribution in [0.1, 0.15) is 69.9 Å². The summed E-state index contributed by atoms with van der Waals surface area (Å²) in [5, 5.41) is 21.3. The molecule has 2 aromatic carbocycles. The third-order valence-corrected chi connectivity index (χ3v) is 9.23. The number of carbonyl (C=O) groups excluding carboxylic acids is 4. The highest BCUT2D eigenvalue weighted by Crippen LogP contribution is 2.21. The summed E-state index contributed by atoms with van der Waals surface area (Å²) >= 11 is 0. The van der Waals surface area contributed by atoms with Gasteiger partial charge in [-0.1, -0.05) is 74.5 Å². The minimum Gasteiger partial charge on any atom is -0.480 e. The number of unbranched alkanes of at least 4 members (excludes halogenated alkanes) is 1. The topological polar surface area (TPSA) is 209 Å². The van der Waals surface area contributed by atoms with Crippen LogP contribution in [0, 0.1) is 5.92 Å². The van der Waals surface area contributed by atoms with Crippen molar-refractivity contribution >= 4 is 29.6 Å². The van der Waals surface area contributed by atoms with Gasteiger partial charge >= 0.3 is 5.97 Å². The molecule has 1 aliphatic heterocycles. The van der Waals surface area contributed by atoms with E-state index in [1.165, 1.54) is 0 Å². The van der Waals surface area contributed by atoms with Gasteiger partial charge in [0.15, 0.2) is 0 Å². The Morgan fingerprint density at radius 1 is 0.784 bits per heavy atom. The van der Waals surface area contributed by atoms with Crippen LogP contribution < -0.4 is 32.7 Å². The number of nitrogens with two attached hydrogens (primary N) is 2. The van der Waals surface area contributed by atoms with Crippen LogP contribution in [0.15, 0.2) is 60.7 Å². The van der Waals surface area contributed by atoms with E-state index in [-0.39, 0.29) is 50.2 Å². The molecule has 0 spiro atoms. The van der Waals surface area contributed by atoms with Crippen molar-refractivity contribution in [3.63, 3.8) is 0 Å². The highest BCUT2D eigenvalue weighted by molar-refractivity contribution is 5.94. The van der Waals surface area contributed by atoms with Crippen LogP contribution in [0.2, 0.25) is 0 Å². The first-order valence-corrected chi connectivity index (χ1v) is 18.1. The number of likely N-dealkylation sites (tertiary alicyclic amines) is 1. The third kappa shape index (κ3) is 14.1. The molecule has 13 heteroatoms. The number of nitrogens with one attached hydrogen (secondary N) is 4. The van der Waals surface area contributed by atoms with Crippen molar-refractivity contribution in [3.8, 4) is 0 Å². The zero-order valence-electron chi connectivity index (χ0n) is 30.1. The fraction of sp³-hybridized carbons (Fsp3) is 0.553. The largest absolute Gasteiger partial charge is 0.480 e. The first kappa shape index (κ1) is 41.1. The number of carbonyl (C=O) groups is 5. The Morgan fingerprint density at radius 2 is 1.35 bits per heavy atom. The lowest BCUT2D eigenvalue weighted by atomic mass is 9.88. The van der Waals surface area contributed by atoms with Gasteiger partial charge in [0.25, 0.3) is 0 Å². The Hall–Kier alpha value is -4.33. The maximum absolute atomic E-state index is 13.8. The second-order valence-corrected chi connectivity index (χ2v) is 13.9. The van der Waals surface area contributed by atoms with Crippen molar-refractivity contribution in [1.82, 2.24) is 26.2 Å². The molecule has 1 heterocycles. The monoisotopic (exact) mass is 707 g/mol. The summed E-state index contributed by atoms with van der Waals surface area (Å²) in [7, 11) is 0. The molecule has 51 heavy (non-hydrogen) atoms. The number of aryl methyl sites for hydroxylation is 1. The van der Waals surface area contributed by atoms with Gasteiger partial charge in [0, 0.05) is 13.1 Å². The fourth-order valence-electron chi connectivity index (χ4n) is 6.11. The summed E-state index contributed by atoms with van der Waals surface area (Å²) < 4.78 is 0. The van der Waals surface area contributed by atoms with E-state index < -0.39 is 41.4 Å². The Kier molecular flexibility index (Phi) is 17.0. The van der Waals surface area contributed by atoms with Gasteiger partial charge in [0.2, 0.25) is 23.6 Å². The molecule has 9 N–H and O–H groups in total. The van der Waals surface area contributed by atoms with E-state index in [1.54, 1.807) is 4.90 Å². The summed E-state index contributed by atoms with van der Waals surface area (Å²) in [6, 6.07) is 16.8. The smallest absolute Gasteiger partial charge is 0.323 e. The summed E-state index contributed by atoms with van der Waals surface area (Å²) in [6.45, 7) is 5.21. The Balaban J connectivity index is 1.69. The molecular weight excluding hydrogens is 650 g/mol. The van der Waals surface area contributed by atoms with Crippen LogP contribution in [0.5, 0.6) is 0 Å². The molecule has 0 saturated carbocycles. The van der Waals surface area contributed by atoms with Gasteiger partial charge in [-0.15, -0.1) is 0 Å². The predicted octanol–water partition coefficient (Wildman–Crippen LogP) is 1.49. The van der Waals surface area contributed by atoms with Crippen molar-refractivity contribution in [2.24, 2.45) is 17.4 Å². The minimum absolute atomic E-state index is 0.0226. The molecule has 0 aliphatic carbocycles. The van der Waals surface area contributed by atoms with E-state index in [4.69, 9.17) is 11.5 Å². The second kappa shape index (κ2) is 21.1. The van der Waals surface area contributed by atoms with Gasteiger partial charge in [0.1, 0.15) is 23.7 Å². The molecular formula is C38H57N7O6. The van der Waals surface area contributed by atoms with Crippen LogP contribution in [-0.4, -0.2) is 96.0 Å². The van der Waals surface area contributed by atoms with Crippen molar-refractivity contribution in [2.45, 2.75) is 95.3 Å².